The number of esters is 1. The SMILES string of the molecule is Cc1c(Br)ccc(NC(=O)COC(=O)c2cccc(N3C(=O)[C@@H]4[C@@H]5C[C@@H]([C@@H]4C3=O)[C@@H](c3ccccc3)C5)c2)c1C. The molecular weight excluding hydrogens is 572 g/mol. The highest BCUT2D eigenvalue weighted by Gasteiger charge is 2.64. The Labute approximate surface area is 241 Å². The Morgan fingerprint density at radius 3 is 2.45 bits per heavy atom. The van der Waals surface area contributed by atoms with Gasteiger partial charge in [-0.3, -0.25) is 19.3 Å². The maximum absolute atomic E-state index is 13.6. The fourth-order valence-corrected chi connectivity index (χ4v) is 7.32. The van der Waals surface area contributed by atoms with Crippen molar-refractivity contribution in [2.24, 2.45) is 23.7 Å². The number of halogens is 1. The zero-order valence-electron chi connectivity index (χ0n) is 22.2. The Morgan fingerprint density at radius 1 is 0.925 bits per heavy atom. The second-order valence-corrected chi connectivity index (χ2v) is 11.8. The average molecular weight is 601 g/mol. The van der Waals surface area contributed by atoms with Crippen molar-refractivity contribution in [2.45, 2.75) is 32.6 Å². The van der Waals surface area contributed by atoms with Crippen LogP contribution in [0.2, 0.25) is 0 Å². The fourth-order valence-electron chi connectivity index (χ4n) is 6.89. The Bertz CT molecular complexity index is 1540. The second-order valence-electron chi connectivity index (χ2n) is 11.0. The molecule has 204 valence electrons. The van der Waals surface area contributed by atoms with Gasteiger partial charge in [0, 0.05) is 10.2 Å². The smallest absolute Gasteiger partial charge is 0.338 e. The number of fused-ring (bicyclic) bond motifs is 5. The minimum Gasteiger partial charge on any atom is -0.452 e. The highest BCUT2D eigenvalue weighted by atomic mass is 79.9. The van der Waals surface area contributed by atoms with Gasteiger partial charge in [-0.15, -0.1) is 0 Å². The van der Waals surface area contributed by atoms with Crippen molar-refractivity contribution in [3.8, 4) is 0 Å². The number of nitrogens with one attached hydrogen (secondary N) is 1. The van der Waals surface area contributed by atoms with Crippen molar-refractivity contribution in [3.63, 3.8) is 0 Å². The summed E-state index contributed by atoms with van der Waals surface area (Å²) in [6.45, 7) is 3.38. The van der Waals surface area contributed by atoms with Gasteiger partial charge in [-0.05, 0) is 91.5 Å². The van der Waals surface area contributed by atoms with E-state index in [9.17, 15) is 19.2 Å². The van der Waals surface area contributed by atoms with E-state index in [1.165, 1.54) is 16.5 Å². The predicted octanol–water partition coefficient (Wildman–Crippen LogP) is 5.79. The molecule has 3 amide bonds. The number of benzene rings is 3. The number of hydrogen-bond donors (Lipinski definition) is 1. The number of amides is 3. The molecular formula is C32H29BrN2O5. The molecule has 2 aliphatic carbocycles. The summed E-state index contributed by atoms with van der Waals surface area (Å²) in [5, 5.41) is 2.77. The van der Waals surface area contributed by atoms with Gasteiger partial charge in [0.2, 0.25) is 11.8 Å². The van der Waals surface area contributed by atoms with Gasteiger partial charge in [0.15, 0.2) is 6.61 Å². The van der Waals surface area contributed by atoms with Crippen molar-refractivity contribution in [1.82, 2.24) is 0 Å². The minimum absolute atomic E-state index is 0.142. The van der Waals surface area contributed by atoms with Crippen LogP contribution >= 0.6 is 15.9 Å². The number of rotatable bonds is 6. The van der Waals surface area contributed by atoms with E-state index >= 15 is 0 Å². The highest BCUT2D eigenvalue weighted by molar-refractivity contribution is 9.10. The molecule has 6 rings (SSSR count). The molecule has 0 spiro atoms. The van der Waals surface area contributed by atoms with Crippen LogP contribution in [0.1, 0.15) is 45.8 Å². The van der Waals surface area contributed by atoms with E-state index in [1.807, 2.05) is 38.1 Å². The highest BCUT2D eigenvalue weighted by Crippen LogP contribution is 2.61. The third kappa shape index (κ3) is 4.44. The molecule has 1 N–H and O–H groups in total. The molecule has 40 heavy (non-hydrogen) atoms. The third-order valence-electron chi connectivity index (χ3n) is 8.91. The quantitative estimate of drug-likeness (QED) is 0.285. The first-order chi connectivity index (χ1) is 19.2. The van der Waals surface area contributed by atoms with Crippen molar-refractivity contribution in [2.75, 3.05) is 16.8 Å². The molecule has 2 bridgehead atoms. The van der Waals surface area contributed by atoms with Crippen LogP contribution in [0.25, 0.3) is 0 Å². The summed E-state index contributed by atoms with van der Waals surface area (Å²) in [6.07, 6.45) is 1.81. The molecule has 7 nitrogen and oxygen atoms in total. The van der Waals surface area contributed by atoms with Gasteiger partial charge in [-0.1, -0.05) is 52.3 Å². The van der Waals surface area contributed by atoms with Gasteiger partial charge in [-0.2, -0.15) is 0 Å². The van der Waals surface area contributed by atoms with E-state index in [0.29, 0.717) is 11.4 Å². The number of carbonyl (C=O) groups is 4. The van der Waals surface area contributed by atoms with E-state index in [-0.39, 0.29) is 47.0 Å². The van der Waals surface area contributed by atoms with Crippen LogP contribution in [-0.2, 0) is 19.1 Å². The maximum atomic E-state index is 13.6. The van der Waals surface area contributed by atoms with Crippen LogP contribution in [0, 0.1) is 37.5 Å². The molecule has 1 heterocycles. The molecule has 8 heteroatoms. The van der Waals surface area contributed by atoms with Crippen molar-refractivity contribution in [3.05, 3.63) is 93.5 Å². The van der Waals surface area contributed by atoms with Crippen molar-refractivity contribution >= 4 is 51.0 Å². The summed E-state index contributed by atoms with van der Waals surface area (Å²) in [7, 11) is 0. The number of carbonyl (C=O) groups excluding carboxylic acids is 4. The monoisotopic (exact) mass is 600 g/mol. The number of hydrogen-bond acceptors (Lipinski definition) is 5. The summed E-state index contributed by atoms with van der Waals surface area (Å²) in [5.41, 5.74) is 4.32. The van der Waals surface area contributed by atoms with Crippen LogP contribution < -0.4 is 10.2 Å². The van der Waals surface area contributed by atoms with Crippen LogP contribution in [0.15, 0.2) is 71.2 Å². The minimum atomic E-state index is -0.704. The average Bonchev–Trinajstić information content (AvgIpc) is 3.63. The number of ether oxygens (including phenoxy) is 1. The number of anilines is 2. The molecule has 2 saturated carbocycles. The topological polar surface area (TPSA) is 92.8 Å². The molecule has 3 fully saturated rings. The summed E-state index contributed by atoms with van der Waals surface area (Å²) in [6, 6.07) is 20.2. The first-order valence-electron chi connectivity index (χ1n) is 13.5. The Morgan fingerprint density at radius 2 is 1.68 bits per heavy atom. The Kier molecular flexibility index (Phi) is 6.82. The Balaban J connectivity index is 1.13. The van der Waals surface area contributed by atoms with Gasteiger partial charge >= 0.3 is 5.97 Å². The lowest BCUT2D eigenvalue weighted by molar-refractivity contribution is -0.123. The molecule has 3 aromatic carbocycles. The fraction of sp³-hybridized carbons (Fsp3) is 0.312. The van der Waals surface area contributed by atoms with E-state index in [0.717, 1.165) is 28.4 Å². The van der Waals surface area contributed by atoms with Gasteiger partial charge in [-0.25, -0.2) is 4.79 Å². The second kappa shape index (κ2) is 10.3. The van der Waals surface area contributed by atoms with E-state index in [2.05, 4.69) is 33.4 Å². The first kappa shape index (κ1) is 26.4. The van der Waals surface area contributed by atoms with E-state index in [1.54, 1.807) is 24.3 Å². The summed E-state index contributed by atoms with van der Waals surface area (Å²) < 4.78 is 6.20. The molecule has 0 radical (unpaired) electrons. The molecule has 0 aromatic heterocycles. The van der Waals surface area contributed by atoms with Crippen molar-refractivity contribution in [1.29, 1.82) is 0 Å². The van der Waals surface area contributed by atoms with Crippen molar-refractivity contribution < 1.29 is 23.9 Å². The van der Waals surface area contributed by atoms with Crippen LogP contribution in [-0.4, -0.2) is 30.3 Å². The van der Waals surface area contributed by atoms with Gasteiger partial charge in [0.25, 0.3) is 5.91 Å². The van der Waals surface area contributed by atoms with E-state index < -0.39 is 18.5 Å². The van der Waals surface area contributed by atoms with Gasteiger partial charge in [0.05, 0.1) is 23.1 Å². The largest absolute Gasteiger partial charge is 0.452 e. The molecule has 1 saturated heterocycles. The standard InChI is InChI=1S/C32H29BrN2O5/c1-17-18(2)26(12-11-25(17)33)34-27(36)16-40-32(39)20-9-6-10-22(13-20)35-30(37)28-21-14-23(19-7-4-3-5-8-19)24(15-21)29(28)31(35)38/h3-13,21,23-24,28-29H,14-16H2,1-2H3,(H,34,36)/t21-,23+,24+,28+,29-/m0/s1. The third-order valence-corrected chi connectivity index (χ3v) is 9.77. The number of nitrogens with zero attached hydrogens (tertiary/aromatic N) is 1. The zero-order valence-corrected chi connectivity index (χ0v) is 23.8. The molecule has 3 aromatic rings. The van der Waals surface area contributed by atoms with E-state index in [4.69, 9.17) is 4.74 Å². The number of imide groups is 1. The molecule has 0 unspecified atom stereocenters. The first-order valence-corrected chi connectivity index (χ1v) is 14.3. The lowest BCUT2D eigenvalue weighted by atomic mass is 9.73. The molecule has 3 aliphatic rings. The van der Waals surface area contributed by atoms with Crippen LogP contribution in [0.5, 0.6) is 0 Å². The predicted molar refractivity (Wildman–Crippen MR) is 154 cm³/mol. The lowest BCUT2D eigenvalue weighted by Crippen LogP contribution is -2.33. The molecule has 1 aliphatic heterocycles. The maximum Gasteiger partial charge on any atom is 0.338 e. The Hall–Kier alpha value is -3.78. The normalized spacial score (nSPS) is 24.8. The zero-order chi connectivity index (χ0) is 28.1. The van der Waals surface area contributed by atoms with Gasteiger partial charge < -0.3 is 10.1 Å². The molecule has 5 atom stereocenters. The van der Waals surface area contributed by atoms with Crippen LogP contribution in [0.3, 0.4) is 0 Å². The summed E-state index contributed by atoms with van der Waals surface area (Å²) in [5.74, 6) is -1.56. The summed E-state index contributed by atoms with van der Waals surface area (Å²) in [4.78, 5) is 53.7. The summed E-state index contributed by atoms with van der Waals surface area (Å²) >= 11 is 3.47. The van der Waals surface area contributed by atoms with Gasteiger partial charge in [0.1, 0.15) is 0 Å². The lowest BCUT2D eigenvalue weighted by Gasteiger charge is -2.28. The van der Waals surface area contributed by atoms with Crippen LogP contribution in [0.4, 0.5) is 11.4 Å².